The topological polar surface area (TPSA) is 65.8 Å². The lowest BCUT2D eigenvalue weighted by Crippen LogP contribution is -2.47. The van der Waals surface area contributed by atoms with Crippen molar-refractivity contribution < 1.29 is 18.7 Å². The average molecular weight is 440 g/mol. The second kappa shape index (κ2) is 8.90. The quantitative estimate of drug-likeness (QED) is 0.686. The van der Waals surface area contributed by atoms with E-state index in [0.29, 0.717) is 41.3 Å². The lowest BCUT2D eigenvalue weighted by molar-refractivity contribution is -0.129. The zero-order chi connectivity index (χ0) is 22.0. The van der Waals surface area contributed by atoms with E-state index in [2.05, 4.69) is 6.07 Å². The number of anilines is 1. The molecule has 0 unspecified atom stereocenters. The van der Waals surface area contributed by atoms with Crippen LogP contribution in [-0.2, 0) is 4.79 Å². The van der Waals surface area contributed by atoms with Crippen LogP contribution in [0.2, 0.25) is 0 Å². The standard InChI is InChI=1S/C23H22FN3O3S/c1-3-30-20-9-4-15(10-21(20)29-2)18-11-22(28)27-13-26(14-31-23(27)19(18)12-25)17-7-5-16(24)6-8-17/h4-10,18H,3,11,13-14H2,1-2H3/t18-/m1/s1. The van der Waals surface area contributed by atoms with Gasteiger partial charge in [-0.2, -0.15) is 5.26 Å². The van der Waals surface area contributed by atoms with Gasteiger partial charge in [0.15, 0.2) is 11.5 Å². The van der Waals surface area contributed by atoms with Gasteiger partial charge in [-0.1, -0.05) is 17.8 Å². The molecule has 0 aromatic heterocycles. The first-order valence-corrected chi connectivity index (χ1v) is 10.9. The maximum atomic E-state index is 13.3. The summed E-state index contributed by atoms with van der Waals surface area (Å²) < 4.78 is 24.3. The molecule has 2 aromatic carbocycles. The molecule has 1 atom stereocenters. The number of carbonyl (C=O) groups excluding carboxylic acids is 1. The van der Waals surface area contributed by atoms with Gasteiger partial charge in [0.2, 0.25) is 5.91 Å². The fourth-order valence-electron chi connectivity index (χ4n) is 3.84. The highest BCUT2D eigenvalue weighted by Gasteiger charge is 2.38. The van der Waals surface area contributed by atoms with E-state index < -0.39 is 0 Å². The van der Waals surface area contributed by atoms with Gasteiger partial charge in [-0.3, -0.25) is 9.69 Å². The monoisotopic (exact) mass is 439 g/mol. The molecule has 2 aromatic rings. The number of halogens is 1. The lowest BCUT2D eigenvalue weighted by atomic mass is 9.86. The van der Waals surface area contributed by atoms with E-state index in [0.717, 1.165) is 11.3 Å². The molecule has 1 saturated heterocycles. The van der Waals surface area contributed by atoms with Gasteiger partial charge in [0, 0.05) is 18.0 Å². The van der Waals surface area contributed by atoms with Crippen molar-refractivity contribution in [2.45, 2.75) is 19.3 Å². The van der Waals surface area contributed by atoms with E-state index in [1.54, 1.807) is 24.1 Å². The molecule has 2 heterocycles. The Balaban J connectivity index is 1.65. The minimum absolute atomic E-state index is 0.0498. The van der Waals surface area contributed by atoms with Crippen molar-refractivity contribution in [2.24, 2.45) is 0 Å². The van der Waals surface area contributed by atoms with Crippen molar-refractivity contribution in [2.75, 3.05) is 31.2 Å². The van der Waals surface area contributed by atoms with Crippen LogP contribution in [0.5, 0.6) is 11.5 Å². The summed E-state index contributed by atoms with van der Waals surface area (Å²) in [7, 11) is 1.57. The van der Waals surface area contributed by atoms with Crippen molar-refractivity contribution >= 4 is 23.4 Å². The van der Waals surface area contributed by atoms with Gasteiger partial charge in [0.25, 0.3) is 0 Å². The molecule has 4 rings (SSSR count). The predicted octanol–water partition coefficient (Wildman–Crippen LogP) is 4.45. The lowest BCUT2D eigenvalue weighted by Gasteiger charge is -2.42. The van der Waals surface area contributed by atoms with Gasteiger partial charge in [-0.05, 0) is 48.9 Å². The van der Waals surface area contributed by atoms with Crippen LogP contribution in [0, 0.1) is 17.1 Å². The number of allylic oxidation sites excluding steroid dienone is 1. The third kappa shape index (κ3) is 4.06. The molecule has 0 bridgehead atoms. The second-order valence-corrected chi connectivity index (χ2v) is 8.12. The van der Waals surface area contributed by atoms with Crippen molar-refractivity contribution in [1.29, 1.82) is 5.26 Å². The smallest absolute Gasteiger partial charge is 0.229 e. The number of hydrogen-bond acceptors (Lipinski definition) is 6. The van der Waals surface area contributed by atoms with E-state index in [1.807, 2.05) is 30.0 Å². The highest BCUT2D eigenvalue weighted by molar-refractivity contribution is 8.03. The minimum Gasteiger partial charge on any atom is -0.493 e. The van der Waals surface area contributed by atoms with Crippen LogP contribution >= 0.6 is 11.8 Å². The molecule has 0 radical (unpaired) electrons. The van der Waals surface area contributed by atoms with E-state index in [4.69, 9.17) is 9.47 Å². The summed E-state index contributed by atoms with van der Waals surface area (Å²) in [6, 6.07) is 14.1. The second-order valence-electron chi connectivity index (χ2n) is 7.18. The molecule has 8 heteroatoms. The summed E-state index contributed by atoms with van der Waals surface area (Å²) in [5.41, 5.74) is 2.26. The number of thioether (sulfide) groups is 1. The molecule has 2 aliphatic rings. The van der Waals surface area contributed by atoms with Gasteiger partial charge in [0.05, 0.1) is 42.9 Å². The number of carbonyl (C=O) groups is 1. The molecular weight excluding hydrogens is 417 g/mol. The summed E-state index contributed by atoms with van der Waals surface area (Å²) in [6.45, 7) is 2.74. The summed E-state index contributed by atoms with van der Waals surface area (Å²) in [5, 5.41) is 10.6. The van der Waals surface area contributed by atoms with Gasteiger partial charge in [-0.25, -0.2) is 4.39 Å². The summed E-state index contributed by atoms with van der Waals surface area (Å²) in [5.74, 6) is 1.09. The van der Waals surface area contributed by atoms with Crippen LogP contribution in [0.25, 0.3) is 0 Å². The summed E-state index contributed by atoms with van der Waals surface area (Å²) in [4.78, 5) is 16.7. The fraction of sp³-hybridized carbons (Fsp3) is 0.304. The Morgan fingerprint density at radius 2 is 2.00 bits per heavy atom. The third-order valence-electron chi connectivity index (χ3n) is 5.38. The van der Waals surface area contributed by atoms with Crippen LogP contribution in [0.3, 0.4) is 0 Å². The Morgan fingerprint density at radius 1 is 1.23 bits per heavy atom. The first-order chi connectivity index (χ1) is 15.0. The SMILES string of the molecule is CCOc1ccc([C@H]2CC(=O)N3CN(c4ccc(F)cc4)CSC3=C2C#N)cc1OC. The van der Waals surface area contributed by atoms with Crippen LogP contribution in [0.1, 0.15) is 24.8 Å². The molecule has 0 aliphatic carbocycles. The van der Waals surface area contributed by atoms with Crippen LogP contribution in [-0.4, -0.2) is 37.1 Å². The van der Waals surface area contributed by atoms with E-state index >= 15 is 0 Å². The molecule has 1 amide bonds. The van der Waals surface area contributed by atoms with Crippen LogP contribution < -0.4 is 14.4 Å². The van der Waals surface area contributed by atoms with Crippen molar-refractivity contribution in [3.05, 3.63) is 64.4 Å². The third-order valence-corrected chi connectivity index (χ3v) is 6.53. The number of benzene rings is 2. The van der Waals surface area contributed by atoms with Crippen molar-refractivity contribution in [1.82, 2.24) is 4.90 Å². The molecule has 2 aliphatic heterocycles. The molecule has 31 heavy (non-hydrogen) atoms. The Morgan fingerprint density at radius 3 is 2.68 bits per heavy atom. The van der Waals surface area contributed by atoms with Gasteiger partial charge in [0.1, 0.15) is 5.82 Å². The Bertz CT molecular complexity index is 1060. The summed E-state index contributed by atoms with van der Waals surface area (Å²) >= 11 is 1.45. The molecule has 160 valence electrons. The number of rotatable bonds is 5. The van der Waals surface area contributed by atoms with Crippen LogP contribution in [0.15, 0.2) is 53.1 Å². The van der Waals surface area contributed by atoms with E-state index in [-0.39, 0.29) is 24.1 Å². The molecule has 0 spiro atoms. The first kappa shape index (κ1) is 21.1. The van der Waals surface area contributed by atoms with Crippen LogP contribution in [0.4, 0.5) is 10.1 Å². The molecule has 1 fully saturated rings. The normalized spacial score (nSPS) is 18.5. The van der Waals surface area contributed by atoms with Crippen molar-refractivity contribution in [3.8, 4) is 17.6 Å². The number of amides is 1. The zero-order valence-electron chi connectivity index (χ0n) is 17.3. The van der Waals surface area contributed by atoms with Gasteiger partial charge < -0.3 is 14.4 Å². The molecular formula is C23H22FN3O3S. The molecule has 0 saturated carbocycles. The van der Waals surface area contributed by atoms with Gasteiger partial charge in [-0.15, -0.1) is 0 Å². The highest BCUT2D eigenvalue weighted by atomic mass is 32.2. The maximum absolute atomic E-state index is 13.3. The number of nitriles is 1. The fourth-order valence-corrected chi connectivity index (χ4v) is 5.01. The maximum Gasteiger partial charge on any atom is 0.229 e. The van der Waals surface area contributed by atoms with E-state index in [9.17, 15) is 14.4 Å². The summed E-state index contributed by atoms with van der Waals surface area (Å²) in [6.07, 6.45) is 0.196. The number of ether oxygens (including phenoxy) is 2. The number of nitrogens with zero attached hydrogens (tertiary/aromatic N) is 3. The number of hydrogen-bond donors (Lipinski definition) is 0. The zero-order valence-corrected chi connectivity index (χ0v) is 18.1. The Hall–Kier alpha value is -3.18. The Labute approximate surface area is 184 Å². The minimum atomic E-state index is -0.335. The van der Waals surface area contributed by atoms with E-state index in [1.165, 1.54) is 23.9 Å². The molecule has 6 nitrogen and oxygen atoms in total. The van der Waals surface area contributed by atoms with Gasteiger partial charge >= 0.3 is 0 Å². The highest BCUT2D eigenvalue weighted by Crippen LogP contribution is 2.44. The first-order valence-electron chi connectivity index (χ1n) is 9.94. The van der Waals surface area contributed by atoms with Crippen molar-refractivity contribution in [3.63, 3.8) is 0 Å². The number of methoxy groups -OCH3 is 1. The average Bonchev–Trinajstić information content (AvgIpc) is 2.80. The number of fused-ring (bicyclic) bond motifs is 1. The molecule has 0 N–H and O–H groups in total. The predicted molar refractivity (Wildman–Crippen MR) is 117 cm³/mol. The Kier molecular flexibility index (Phi) is 6.05. The largest absolute Gasteiger partial charge is 0.493 e.